The fourth-order valence-corrected chi connectivity index (χ4v) is 3.60. The molecule has 2 aromatic rings. The first-order valence-electron chi connectivity index (χ1n) is 10.00. The Morgan fingerprint density at radius 1 is 1.18 bits per heavy atom. The number of amides is 2. The second-order valence-electron chi connectivity index (χ2n) is 7.26. The minimum Gasteiger partial charge on any atom is -0.338 e. The summed E-state index contributed by atoms with van der Waals surface area (Å²) in [6.07, 6.45) is 8.50. The molecule has 0 aromatic carbocycles. The van der Waals surface area contributed by atoms with E-state index < -0.39 is 0 Å². The van der Waals surface area contributed by atoms with Gasteiger partial charge in [0.05, 0.1) is 11.0 Å². The van der Waals surface area contributed by atoms with Gasteiger partial charge in [0.2, 0.25) is 0 Å². The molecule has 0 aliphatic carbocycles. The first kappa shape index (κ1) is 18.6. The molecule has 8 heteroatoms. The van der Waals surface area contributed by atoms with E-state index in [1.54, 1.807) is 6.07 Å². The average molecular weight is 381 g/mol. The zero-order chi connectivity index (χ0) is 19.2. The summed E-state index contributed by atoms with van der Waals surface area (Å²) in [5, 5.41) is 5.73. The third kappa shape index (κ3) is 4.76. The van der Waals surface area contributed by atoms with E-state index in [4.69, 9.17) is 0 Å². The first-order valence-corrected chi connectivity index (χ1v) is 10.00. The molecule has 8 nitrogen and oxygen atoms in total. The van der Waals surface area contributed by atoms with Crippen LogP contribution in [0.2, 0.25) is 0 Å². The monoisotopic (exact) mass is 381 g/mol. The number of hydrazine groups is 1. The summed E-state index contributed by atoms with van der Waals surface area (Å²) in [5.74, 6) is 0.526. The molecule has 148 valence electrons. The largest absolute Gasteiger partial charge is 0.338 e. The maximum absolute atomic E-state index is 12.1. The van der Waals surface area contributed by atoms with Gasteiger partial charge < -0.3 is 15.6 Å². The van der Waals surface area contributed by atoms with Crippen molar-refractivity contribution in [3.8, 4) is 0 Å². The van der Waals surface area contributed by atoms with E-state index >= 15 is 0 Å². The van der Waals surface area contributed by atoms with Gasteiger partial charge in [-0.05, 0) is 69.1 Å². The SMILES string of the molecule is O=C(NCCCCN1CCCC1)Nc1ccc2ncc(C3=CNNC3)cc2n1. The standard InChI is InChI=1S/C20H27N7O/c28-20(21-7-1-2-8-27-9-3-4-10-27)26-19-6-5-17-18(25-19)11-15(12-22-17)16-13-23-24-14-16/h5-6,11-13,23-24H,1-4,7-10,14H2,(H2,21,25,26,28). The highest BCUT2D eigenvalue weighted by molar-refractivity contribution is 5.90. The Morgan fingerprint density at radius 2 is 2.07 bits per heavy atom. The fourth-order valence-electron chi connectivity index (χ4n) is 3.60. The molecule has 2 aliphatic rings. The zero-order valence-electron chi connectivity index (χ0n) is 16.0. The van der Waals surface area contributed by atoms with E-state index in [1.165, 1.54) is 25.9 Å². The molecule has 4 rings (SSSR count). The van der Waals surface area contributed by atoms with Crippen LogP contribution in [-0.2, 0) is 0 Å². The van der Waals surface area contributed by atoms with E-state index in [2.05, 4.69) is 36.4 Å². The van der Waals surface area contributed by atoms with Crippen LogP contribution in [-0.4, -0.2) is 53.6 Å². The molecule has 4 heterocycles. The zero-order valence-corrected chi connectivity index (χ0v) is 16.0. The summed E-state index contributed by atoms with van der Waals surface area (Å²) < 4.78 is 0. The van der Waals surface area contributed by atoms with Gasteiger partial charge in [0.15, 0.2) is 0 Å². The number of aromatic nitrogens is 2. The Labute approximate surface area is 164 Å². The van der Waals surface area contributed by atoms with Crippen LogP contribution in [0, 0.1) is 0 Å². The van der Waals surface area contributed by atoms with Crippen LogP contribution in [0.25, 0.3) is 16.6 Å². The molecule has 1 fully saturated rings. The van der Waals surface area contributed by atoms with Gasteiger partial charge >= 0.3 is 6.03 Å². The first-order chi connectivity index (χ1) is 13.8. The van der Waals surface area contributed by atoms with Crippen molar-refractivity contribution in [2.75, 3.05) is 38.0 Å². The van der Waals surface area contributed by atoms with Crippen molar-refractivity contribution in [2.24, 2.45) is 0 Å². The molecular weight excluding hydrogens is 354 g/mol. The van der Waals surface area contributed by atoms with Crippen LogP contribution < -0.4 is 21.5 Å². The Kier molecular flexibility index (Phi) is 5.98. The number of carbonyl (C=O) groups excluding carboxylic acids is 1. The summed E-state index contributed by atoms with van der Waals surface area (Å²) in [6, 6.07) is 5.42. The number of unbranched alkanes of at least 4 members (excludes halogenated alkanes) is 1. The minimum atomic E-state index is -0.218. The Morgan fingerprint density at radius 3 is 2.89 bits per heavy atom. The predicted octanol–water partition coefficient (Wildman–Crippen LogP) is 2.08. The number of likely N-dealkylation sites (tertiary alicyclic amines) is 1. The van der Waals surface area contributed by atoms with Crippen LogP contribution in [0.1, 0.15) is 31.2 Å². The maximum Gasteiger partial charge on any atom is 0.320 e. The van der Waals surface area contributed by atoms with Crippen LogP contribution >= 0.6 is 0 Å². The summed E-state index contributed by atoms with van der Waals surface area (Å²) in [6.45, 7) is 5.00. The Balaban J connectivity index is 1.27. The molecule has 0 spiro atoms. The number of fused-ring (bicyclic) bond motifs is 1. The normalized spacial score (nSPS) is 16.8. The third-order valence-corrected chi connectivity index (χ3v) is 5.16. The van der Waals surface area contributed by atoms with Crippen molar-refractivity contribution in [1.29, 1.82) is 0 Å². The summed E-state index contributed by atoms with van der Waals surface area (Å²) in [4.78, 5) is 23.6. The Bertz CT molecular complexity index is 861. The van der Waals surface area contributed by atoms with Crippen molar-refractivity contribution < 1.29 is 4.79 Å². The van der Waals surface area contributed by atoms with E-state index in [0.29, 0.717) is 12.4 Å². The van der Waals surface area contributed by atoms with Gasteiger partial charge in [0, 0.05) is 31.0 Å². The Hall–Kier alpha value is -2.71. The highest BCUT2D eigenvalue weighted by atomic mass is 16.2. The van der Waals surface area contributed by atoms with Gasteiger partial charge in [-0.25, -0.2) is 15.2 Å². The number of hydrogen-bond donors (Lipinski definition) is 4. The highest BCUT2D eigenvalue weighted by Crippen LogP contribution is 2.20. The minimum absolute atomic E-state index is 0.218. The van der Waals surface area contributed by atoms with Crippen molar-refractivity contribution in [2.45, 2.75) is 25.7 Å². The molecule has 0 saturated carbocycles. The molecular formula is C20H27N7O. The smallest absolute Gasteiger partial charge is 0.320 e. The van der Waals surface area contributed by atoms with Crippen LogP contribution in [0.5, 0.6) is 0 Å². The molecule has 2 aromatic heterocycles. The molecule has 0 bridgehead atoms. The number of urea groups is 1. The van der Waals surface area contributed by atoms with Gasteiger partial charge in [0.25, 0.3) is 0 Å². The predicted molar refractivity (Wildman–Crippen MR) is 111 cm³/mol. The molecule has 28 heavy (non-hydrogen) atoms. The number of pyridine rings is 2. The summed E-state index contributed by atoms with van der Waals surface area (Å²) in [7, 11) is 0. The number of anilines is 1. The fraction of sp³-hybridized carbons (Fsp3) is 0.450. The van der Waals surface area contributed by atoms with Gasteiger partial charge in [-0.1, -0.05) is 0 Å². The molecule has 1 saturated heterocycles. The van der Waals surface area contributed by atoms with Gasteiger partial charge in [-0.15, -0.1) is 0 Å². The summed E-state index contributed by atoms with van der Waals surface area (Å²) >= 11 is 0. The molecule has 4 N–H and O–H groups in total. The van der Waals surface area contributed by atoms with Gasteiger partial charge in [0.1, 0.15) is 5.82 Å². The van der Waals surface area contributed by atoms with E-state index in [1.807, 2.05) is 24.5 Å². The summed E-state index contributed by atoms with van der Waals surface area (Å²) in [5.41, 5.74) is 9.71. The van der Waals surface area contributed by atoms with Crippen LogP contribution in [0.4, 0.5) is 10.6 Å². The highest BCUT2D eigenvalue weighted by Gasteiger charge is 2.11. The molecule has 2 aliphatic heterocycles. The third-order valence-electron chi connectivity index (χ3n) is 5.16. The molecule has 0 atom stereocenters. The van der Waals surface area contributed by atoms with Crippen molar-refractivity contribution in [3.05, 3.63) is 36.2 Å². The van der Waals surface area contributed by atoms with E-state index in [-0.39, 0.29) is 6.03 Å². The number of nitrogens with one attached hydrogen (secondary N) is 4. The number of rotatable bonds is 7. The molecule has 0 unspecified atom stereocenters. The van der Waals surface area contributed by atoms with Crippen molar-refractivity contribution in [1.82, 2.24) is 31.0 Å². The number of nitrogens with zero attached hydrogens (tertiary/aromatic N) is 3. The van der Waals surface area contributed by atoms with Gasteiger partial charge in [-0.2, -0.15) is 0 Å². The lowest BCUT2D eigenvalue weighted by atomic mass is 10.1. The lowest BCUT2D eigenvalue weighted by Crippen LogP contribution is -2.30. The second kappa shape index (κ2) is 8.99. The van der Waals surface area contributed by atoms with E-state index in [0.717, 1.165) is 48.1 Å². The van der Waals surface area contributed by atoms with Crippen molar-refractivity contribution >= 4 is 28.5 Å². The maximum atomic E-state index is 12.1. The lowest BCUT2D eigenvalue weighted by Gasteiger charge is -2.14. The van der Waals surface area contributed by atoms with Crippen LogP contribution in [0.3, 0.4) is 0 Å². The van der Waals surface area contributed by atoms with E-state index in [9.17, 15) is 4.79 Å². The average Bonchev–Trinajstić information content (AvgIpc) is 3.41. The number of hydrogen-bond acceptors (Lipinski definition) is 6. The lowest BCUT2D eigenvalue weighted by molar-refractivity contribution is 0.251. The second-order valence-corrected chi connectivity index (χ2v) is 7.26. The molecule has 0 radical (unpaired) electrons. The topological polar surface area (TPSA) is 94.2 Å². The van der Waals surface area contributed by atoms with Gasteiger partial charge in [-0.3, -0.25) is 10.3 Å². The van der Waals surface area contributed by atoms with Crippen molar-refractivity contribution in [3.63, 3.8) is 0 Å². The molecule has 2 amide bonds. The van der Waals surface area contributed by atoms with Crippen LogP contribution in [0.15, 0.2) is 30.6 Å². The quantitative estimate of drug-likeness (QED) is 0.549. The number of carbonyl (C=O) groups is 1.